The van der Waals surface area contributed by atoms with Gasteiger partial charge in [-0.15, -0.1) is 0 Å². The number of hydrogen-bond acceptors (Lipinski definition) is 0. The van der Waals surface area contributed by atoms with Gasteiger partial charge >= 0.3 is 248 Å². The summed E-state index contributed by atoms with van der Waals surface area (Å²) in [4.78, 5) is 0. The van der Waals surface area contributed by atoms with E-state index in [0.717, 1.165) is 14.5 Å². The topological polar surface area (TPSA) is 0 Å². The molecule has 0 fully saturated rings. The van der Waals surface area contributed by atoms with Crippen LogP contribution in [0.2, 0.25) is 0 Å². The summed E-state index contributed by atoms with van der Waals surface area (Å²) in [6.07, 6.45) is 3.79. The zero-order chi connectivity index (χ0) is 30.2. The predicted molar refractivity (Wildman–Crippen MR) is 154 cm³/mol. The Labute approximate surface area is 247 Å². The molecule has 0 heterocycles. The van der Waals surface area contributed by atoms with Gasteiger partial charge in [0.2, 0.25) is 0 Å². The van der Waals surface area contributed by atoms with Crippen molar-refractivity contribution in [3.63, 3.8) is 0 Å². The normalized spacial score (nSPS) is 15.0. The summed E-state index contributed by atoms with van der Waals surface area (Å²) in [5, 5.41) is 0. The van der Waals surface area contributed by atoms with Crippen LogP contribution >= 0.6 is 0 Å². The first-order valence-electron chi connectivity index (χ1n) is 13.9. The minimum absolute atomic E-state index is 0.0192. The second kappa shape index (κ2) is 10.4. The average Bonchev–Trinajstić information content (AvgIpc) is 3.48. The molecule has 0 saturated carbocycles. The van der Waals surface area contributed by atoms with E-state index < -0.39 is 55.6 Å². The fourth-order valence-corrected chi connectivity index (χ4v) is 18.6. The molecule has 0 aromatic heterocycles. The van der Waals surface area contributed by atoms with Crippen LogP contribution in [0.5, 0.6) is 0 Å². The first-order valence-corrected chi connectivity index (χ1v) is 19.6. The molecule has 0 bridgehead atoms. The number of fused-ring (bicyclic) bond motifs is 3. The number of halogens is 5. The van der Waals surface area contributed by atoms with Crippen molar-refractivity contribution >= 4 is 8.83 Å². The first-order chi connectivity index (χ1) is 19.0. The van der Waals surface area contributed by atoms with Crippen molar-refractivity contribution < 1.29 is 42.9 Å². The molecule has 0 aliphatic heterocycles. The van der Waals surface area contributed by atoms with Crippen LogP contribution in [-0.4, -0.2) is 3.26 Å². The van der Waals surface area contributed by atoms with Gasteiger partial charge < -0.3 is 0 Å². The van der Waals surface area contributed by atoms with E-state index in [1.54, 1.807) is 12.2 Å². The van der Waals surface area contributed by atoms with Crippen LogP contribution in [0.4, 0.5) is 22.0 Å². The van der Waals surface area contributed by atoms with Gasteiger partial charge in [0.05, 0.1) is 0 Å². The second-order valence-corrected chi connectivity index (χ2v) is 24.2. The van der Waals surface area contributed by atoms with E-state index in [1.165, 1.54) is 25.5 Å². The minimum atomic E-state index is -3.33. The van der Waals surface area contributed by atoms with Crippen LogP contribution in [0.25, 0.3) is 16.7 Å². The zero-order valence-electron chi connectivity index (χ0n) is 24.8. The molecule has 0 saturated heterocycles. The fourth-order valence-electron chi connectivity index (χ4n) is 6.11. The molecule has 6 heteroatoms. The molecule has 0 N–H and O–H groups in total. The third-order valence-corrected chi connectivity index (χ3v) is 20.5. The van der Waals surface area contributed by atoms with Crippen LogP contribution in [0, 0.1) is 29.1 Å². The van der Waals surface area contributed by atoms with Crippen LogP contribution in [0.1, 0.15) is 93.3 Å². The molecule has 3 aromatic carbocycles. The first kappa shape index (κ1) is 30.0. The van der Waals surface area contributed by atoms with Gasteiger partial charge in [0, 0.05) is 0 Å². The molecule has 41 heavy (non-hydrogen) atoms. The van der Waals surface area contributed by atoms with E-state index in [-0.39, 0.29) is 20.1 Å². The molecule has 0 radical (unpaired) electrons. The summed E-state index contributed by atoms with van der Waals surface area (Å²) in [6, 6.07) is 13.3. The summed E-state index contributed by atoms with van der Waals surface area (Å²) in [7, 11) is 0. The van der Waals surface area contributed by atoms with E-state index in [9.17, 15) is 13.2 Å². The predicted octanol–water partition coefficient (Wildman–Crippen LogP) is 10.2. The van der Waals surface area contributed by atoms with E-state index >= 15 is 8.78 Å². The third-order valence-electron chi connectivity index (χ3n) is 8.31. The van der Waals surface area contributed by atoms with Crippen LogP contribution in [0.3, 0.4) is 0 Å². The Kier molecular flexibility index (Phi) is 7.58. The zero-order valence-corrected chi connectivity index (χ0v) is 28.4. The quantitative estimate of drug-likeness (QED) is 0.109. The molecule has 2 aliphatic carbocycles. The maximum absolute atomic E-state index is 15.1. The van der Waals surface area contributed by atoms with Crippen molar-refractivity contribution in [1.82, 2.24) is 0 Å². The number of rotatable bonds is 3. The van der Waals surface area contributed by atoms with E-state index in [2.05, 4.69) is 91.8 Å². The SMILES string of the molecule is C[C](C)=[Hf]([C]1=C(c2c(F)c(F)c(F)c(F)c2F)C=CC1)[CH]1c2cc(C(C)(C)C)ccc2-c2ccc(C(C)(C)C)cc21. The molecule has 0 atom stereocenters. The molecule has 0 unspecified atom stereocenters. The summed E-state index contributed by atoms with van der Waals surface area (Å²) in [6.45, 7) is 17.2. The Morgan fingerprint density at radius 3 is 1.54 bits per heavy atom. The summed E-state index contributed by atoms with van der Waals surface area (Å²) >= 11 is -3.33. The fraction of sp³-hybridized carbons (Fsp3) is 0.343. The van der Waals surface area contributed by atoms with Gasteiger partial charge in [-0.05, 0) is 0 Å². The Morgan fingerprint density at radius 2 is 1.12 bits per heavy atom. The Hall–Kier alpha value is -2.47. The van der Waals surface area contributed by atoms with Gasteiger partial charge in [-0.1, -0.05) is 0 Å². The summed E-state index contributed by atoms with van der Waals surface area (Å²) in [5.74, 6) is -9.48. The summed E-state index contributed by atoms with van der Waals surface area (Å²) in [5.41, 5.74) is 6.31. The van der Waals surface area contributed by atoms with Gasteiger partial charge in [0.25, 0.3) is 0 Å². The molecular formula is C35H35F5Hf. The average molecular weight is 729 g/mol. The molecule has 0 spiro atoms. The Morgan fingerprint density at radius 1 is 0.683 bits per heavy atom. The van der Waals surface area contributed by atoms with E-state index in [0.29, 0.717) is 6.42 Å². The van der Waals surface area contributed by atoms with E-state index in [1.807, 2.05) is 0 Å². The number of hydrogen-bond donors (Lipinski definition) is 0. The Balaban J connectivity index is 1.83. The number of allylic oxidation sites excluding steroid dienone is 4. The molecule has 214 valence electrons. The van der Waals surface area contributed by atoms with Crippen molar-refractivity contribution in [1.29, 1.82) is 0 Å². The Bertz CT molecular complexity index is 1600. The van der Waals surface area contributed by atoms with Gasteiger partial charge in [-0.25, -0.2) is 0 Å². The maximum atomic E-state index is 15.1. The molecule has 0 nitrogen and oxygen atoms in total. The van der Waals surface area contributed by atoms with E-state index in [4.69, 9.17) is 0 Å². The van der Waals surface area contributed by atoms with Gasteiger partial charge in [0.1, 0.15) is 0 Å². The number of benzene rings is 3. The van der Waals surface area contributed by atoms with Crippen LogP contribution < -0.4 is 0 Å². The third kappa shape index (κ3) is 4.98. The van der Waals surface area contributed by atoms with Crippen molar-refractivity contribution in [3.8, 4) is 11.1 Å². The second-order valence-electron chi connectivity index (χ2n) is 13.4. The molecular weight excluding hydrogens is 694 g/mol. The van der Waals surface area contributed by atoms with Crippen LogP contribution in [-0.2, 0) is 31.8 Å². The van der Waals surface area contributed by atoms with Crippen LogP contribution in [0.15, 0.2) is 51.9 Å². The van der Waals surface area contributed by atoms with Gasteiger partial charge in [-0.3, -0.25) is 0 Å². The molecule has 3 aromatic rings. The van der Waals surface area contributed by atoms with Gasteiger partial charge in [0.15, 0.2) is 0 Å². The molecule has 2 aliphatic rings. The molecule has 0 amide bonds. The van der Waals surface area contributed by atoms with Crippen molar-refractivity contribution in [2.45, 2.75) is 76.3 Å². The summed E-state index contributed by atoms with van der Waals surface area (Å²) < 4.78 is 75.1. The molecule has 5 rings (SSSR count). The standard InChI is InChI=1S/C21H25.C11H4F5.C3H6.Hf/c1-20(2,3)16-7-9-18-14(12-16)11-15-13-17(21(4,5)6)8-10-19(15)18;12-7-6(5-3-1-2-4-5)8(13)10(15)11(16)9(7)14;1-3-2;/h7-13H,1-6H3;1,3H,2H2;1-2H3;. The van der Waals surface area contributed by atoms with Crippen molar-refractivity contribution in [2.24, 2.45) is 0 Å². The van der Waals surface area contributed by atoms with Crippen molar-refractivity contribution in [2.75, 3.05) is 0 Å². The monoisotopic (exact) mass is 730 g/mol. The van der Waals surface area contributed by atoms with Crippen molar-refractivity contribution in [3.05, 3.63) is 109 Å². The van der Waals surface area contributed by atoms with Gasteiger partial charge in [-0.2, -0.15) is 0 Å².